The van der Waals surface area contributed by atoms with Gasteiger partial charge in [0.2, 0.25) is 0 Å². The summed E-state index contributed by atoms with van der Waals surface area (Å²) in [6.45, 7) is 0. The number of anilines is 1. The van der Waals surface area contributed by atoms with E-state index in [1.54, 1.807) is 18.4 Å². The van der Waals surface area contributed by atoms with E-state index >= 15 is 0 Å². The molecule has 3 rings (SSSR count). The first-order valence-electron chi connectivity index (χ1n) is 6.29. The molecular weight excluding hydrogens is 242 g/mol. The predicted molar refractivity (Wildman–Crippen MR) is 76.4 cm³/mol. The van der Waals surface area contributed by atoms with Crippen molar-refractivity contribution in [1.82, 2.24) is 0 Å². The molecule has 2 aromatic rings. The molecule has 18 heavy (non-hydrogen) atoms. The van der Waals surface area contributed by atoms with Gasteiger partial charge in [0, 0.05) is 11.1 Å². The third-order valence-corrected chi connectivity index (χ3v) is 4.09. The van der Waals surface area contributed by atoms with Crippen LogP contribution >= 0.6 is 11.3 Å². The lowest BCUT2D eigenvalue weighted by atomic mass is 10.0. The van der Waals surface area contributed by atoms with Gasteiger partial charge in [-0.25, -0.2) is 0 Å². The van der Waals surface area contributed by atoms with Crippen molar-refractivity contribution >= 4 is 17.0 Å². The largest absolute Gasteiger partial charge is 0.497 e. The van der Waals surface area contributed by atoms with Gasteiger partial charge in [0.25, 0.3) is 0 Å². The summed E-state index contributed by atoms with van der Waals surface area (Å²) in [5.74, 6) is 1.70. The molecule has 0 saturated heterocycles. The van der Waals surface area contributed by atoms with Gasteiger partial charge in [-0.15, -0.1) is 0 Å². The SMILES string of the molecule is COc1ccc(C(Nc2ccsc2)C2CC2)cc1. The number of methoxy groups -OCH3 is 1. The number of hydrogen-bond donors (Lipinski definition) is 1. The van der Waals surface area contributed by atoms with Crippen LogP contribution in [0.15, 0.2) is 41.1 Å². The average molecular weight is 259 g/mol. The molecular formula is C15H17NOS. The Labute approximate surface area is 112 Å². The maximum absolute atomic E-state index is 5.21. The first-order chi connectivity index (χ1) is 8.86. The van der Waals surface area contributed by atoms with Gasteiger partial charge in [-0.05, 0) is 47.9 Å². The number of nitrogens with one attached hydrogen (secondary N) is 1. The van der Waals surface area contributed by atoms with Crippen LogP contribution in [0.25, 0.3) is 0 Å². The molecule has 1 N–H and O–H groups in total. The maximum atomic E-state index is 5.21. The zero-order valence-electron chi connectivity index (χ0n) is 10.4. The summed E-state index contributed by atoms with van der Waals surface area (Å²) in [4.78, 5) is 0. The van der Waals surface area contributed by atoms with E-state index in [9.17, 15) is 0 Å². The molecule has 3 heteroatoms. The Hall–Kier alpha value is -1.48. The Balaban J connectivity index is 1.80. The van der Waals surface area contributed by atoms with E-state index in [0.717, 1.165) is 11.7 Å². The number of rotatable bonds is 5. The third kappa shape index (κ3) is 2.51. The zero-order chi connectivity index (χ0) is 12.4. The first kappa shape index (κ1) is 11.6. The molecule has 1 fully saturated rings. The molecule has 1 aromatic heterocycles. The fourth-order valence-electron chi connectivity index (χ4n) is 2.24. The van der Waals surface area contributed by atoms with Crippen molar-refractivity contribution in [3.63, 3.8) is 0 Å². The Bertz CT molecular complexity index is 488. The van der Waals surface area contributed by atoms with Crippen LogP contribution < -0.4 is 10.1 Å². The molecule has 0 bridgehead atoms. The summed E-state index contributed by atoms with van der Waals surface area (Å²) in [6, 6.07) is 11.0. The van der Waals surface area contributed by atoms with E-state index < -0.39 is 0 Å². The summed E-state index contributed by atoms with van der Waals surface area (Å²) in [5, 5.41) is 7.92. The van der Waals surface area contributed by atoms with Crippen LogP contribution in [-0.2, 0) is 0 Å². The number of ether oxygens (including phenoxy) is 1. The summed E-state index contributed by atoms with van der Waals surface area (Å²) < 4.78 is 5.21. The van der Waals surface area contributed by atoms with Crippen LogP contribution in [-0.4, -0.2) is 7.11 Å². The summed E-state index contributed by atoms with van der Waals surface area (Å²) in [5.41, 5.74) is 2.58. The molecule has 0 spiro atoms. The van der Waals surface area contributed by atoms with Crippen molar-refractivity contribution in [2.45, 2.75) is 18.9 Å². The summed E-state index contributed by atoms with van der Waals surface area (Å²) in [6.07, 6.45) is 2.65. The zero-order valence-corrected chi connectivity index (χ0v) is 11.2. The molecule has 0 aliphatic heterocycles. The van der Waals surface area contributed by atoms with Crippen LogP contribution in [0.4, 0.5) is 5.69 Å². The Kier molecular flexibility index (Phi) is 3.24. The molecule has 0 amide bonds. The first-order valence-corrected chi connectivity index (χ1v) is 7.24. The Morgan fingerprint density at radius 3 is 2.56 bits per heavy atom. The number of hydrogen-bond acceptors (Lipinski definition) is 3. The lowest BCUT2D eigenvalue weighted by Crippen LogP contribution is -2.12. The highest BCUT2D eigenvalue weighted by Gasteiger charge is 2.32. The molecule has 1 saturated carbocycles. The van der Waals surface area contributed by atoms with Gasteiger partial charge in [0.15, 0.2) is 0 Å². The van der Waals surface area contributed by atoms with E-state index in [1.807, 2.05) is 12.1 Å². The van der Waals surface area contributed by atoms with E-state index in [1.165, 1.54) is 24.1 Å². The smallest absolute Gasteiger partial charge is 0.118 e. The molecule has 2 nitrogen and oxygen atoms in total. The molecule has 1 aromatic carbocycles. The van der Waals surface area contributed by atoms with Gasteiger partial charge in [-0.2, -0.15) is 11.3 Å². The molecule has 1 atom stereocenters. The minimum atomic E-state index is 0.436. The van der Waals surface area contributed by atoms with Crippen LogP contribution in [0, 0.1) is 5.92 Å². The second-order valence-corrected chi connectivity index (χ2v) is 5.52. The number of benzene rings is 1. The lowest BCUT2D eigenvalue weighted by Gasteiger charge is -2.19. The topological polar surface area (TPSA) is 21.3 Å². The molecule has 94 valence electrons. The third-order valence-electron chi connectivity index (χ3n) is 3.41. The van der Waals surface area contributed by atoms with Crippen molar-refractivity contribution in [1.29, 1.82) is 0 Å². The van der Waals surface area contributed by atoms with Crippen molar-refractivity contribution in [2.24, 2.45) is 5.92 Å². The fourth-order valence-corrected chi connectivity index (χ4v) is 2.84. The fraction of sp³-hybridized carbons (Fsp3) is 0.333. The normalized spacial score (nSPS) is 16.3. The molecule has 1 aliphatic carbocycles. The van der Waals surface area contributed by atoms with E-state index in [0.29, 0.717) is 6.04 Å². The quantitative estimate of drug-likeness (QED) is 0.863. The standard InChI is InChI=1S/C15H17NOS/c1-17-14-6-4-12(5-7-14)15(11-2-3-11)16-13-8-9-18-10-13/h4-11,15-16H,2-3H2,1H3. The van der Waals surface area contributed by atoms with Gasteiger partial charge < -0.3 is 10.1 Å². The van der Waals surface area contributed by atoms with Crippen LogP contribution in [0.2, 0.25) is 0 Å². The van der Waals surface area contributed by atoms with Crippen molar-refractivity contribution in [3.05, 3.63) is 46.7 Å². The van der Waals surface area contributed by atoms with Crippen molar-refractivity contribution in [2.75, 3.05) is 12.4 Å². The number of thiophene rings is 1. The highest BCUT2D eigenvalue weighted by molar-refractivity contribution is 7.08. The van der Waals surface area contributed by atoms with Crippen LogP contribution in [0.3, 0.4) is 0 Å². The molecule has 1 heterocycles. The Morgan fingerprint density at radius 2 is 2.00 bits per heavy atom. The van der Waals surface area contributed by atoms with E-state index in [4.69, 9.17) is 4.74 Å². The summed E-state index contributed by atoms with van der Waals surface area (Å²) >= 11 is 1.73. The molecule has 1 aliphatic rings. The minimum absolute atomic E-state index is 0.436. The lowest BCUT2D eigenvalue weighted by molar-refractivity contribution is 0.414. The van der Waals surface area contributed by atoms with Gasteiger partial charge in [-0.1, -0.05) is 12.1 Å². The highest BCUT2D eigenvalue weighted by atomic mass is 32.1. The van der Waals surface area contributed by atoms with Gasteiger partial charge in [0.1, 0.15) is 5.75 Å². The average Bonchev–Trinajstić information content (AvgIpc) is 3.13. The molecule has 1 unspecified atom stereocenters. The van der Waals surface area contributed by atoms with Gasteiger partial charge >= 0.3 is 0 Å². The van der Waals surface area contributed by atoms with Crippen molar-refractivity contribution in [3.8, 4) is 5.75 Å². The van der Waals surface area contributed by atoms with Crippen LogP contribution in [0.1, 0.15) is 24.4 Å². The highest BCUT2D eigenvalue weighted by Crippen LogP contribution is 2.43. The predicted octanol–water partition coefficient (Wildman–Crippen LogP) is 4.32. The minimum Gasteiger partial charge on any atom is -0.497 e. The molecule has 0 radical (unpaired) electrons. The Morgan fingerprint density at radius 1 is 1.22 bits per heavy atom. The second-order valence-electron chi connectivity index (χ2n) is 4.74. The summed E-state index contributed by atoms with van der Waals surface area (Å²) in [7, 11) is 1.71. The van der Waals surface area contributed by atoms with Gasteiger partial charge in [-0.3, -0.25) is 0 Å². The second kappa shape index (κ2) is 5.02. The van der Waals surface area contributed by atoms with Gasteiger partial charge in [0.05, 0.1) is 13.2 Å². The van der Waals surface area contributed by atoms with E-state index in [2.05, 4.69) is 34.3 Å². The maximum Gasteiger partial charge on any atom is 0.118 e. The monoisotopic (exact) mass is 259 g/mol. The van der Waals surface area contributed by atoms with Crippen molar-refractivity contribution < 1.29 is 4.74 Å². The van der Waals surface area contributed by atoms with E-state index in [-0.39, 0.29) is 0 Å². The van der Waals surface area contributed by atoms with Crippen LogP contribution in [0.5, 0.6) is 5.75 Å².